The summed E-state index contributed by atoms with van der Waals surface area (Å²) in [7, 11) is 1.56. The summed E-state index contributed by atoms with van der Waals surface area (Å²) in [5.74, 6) is 0.133. The fourth-order valence-corrected chi connectivity index (χ4v) is 6.80. The van der Waals surface area contributed by atoms with Crippen molar-refractivity contribution in [2.24, 2.45) is 7.05 Å². The minimum atomic E-state index is -4.95. The smallest absolute Gasteiger partial charge is 0.381 e. The third-order valence-electron chi connectivity index (χ3n) is 8.79. The highest BCUT2D eigenvalue weighted by Crippen LogP contribution is 2.42. The number of anilines is 1. The van der Waals surface area contributed by atoms with E-state index >= 15 is 0 Å². The number of alkyl halides is 6. The molecule has 0 aliphatic carbocycles. The molecule has 1 fully saturated rings. The van der Waals surface area contributed by atoms with E-state index in [2.05, 4.69) is 28.4 Å². The monoisotopic (exact) mass is 611 g/mol. The molecule has 2 aromatic carbocycles. The van der Waals surface area contributed by atoms with Crippen LogP contribution < -0.4 is 9.80 Å². The normalized spacial score (nSPS) is 21.4. The molecule has 8 nitrogen and oxygen atoms in total. The average molecular weight is 612 g/mol. The molecule has 3 aromatic rings. The van der Waals surface area contributed by atoms with Gasteiger partial charge in [-0.1, -0.05) is 5.10 Å². The van der Waals surface area contributed by atoms with Gasteiger partial charge in [0, 0.05) is 30.5 Å². The van der Waals surface area contributed by atoms with Crippen molar-refractivity contribution in [2.75, 3.05) is 24.7 Å². The molecule has 0 bridgehead atoms. The Morgan fingerprint density at radius 2 is 1.65 bits per heavy atom. The van der Waals surface area contributed by atoms with Gasteiger partial charge in [-0.05, 0) is 65.9 Å². The molecule has 6 rings (SSSR count). The number of rotatable bonds is 5. The minimum Gasteiger partial charge on any atom is -0.381 e. The van der Waals surface area contributed by atoms with Crippen molar-refractivity contribution in [2.45, 2.75) is 76.8 Å². The molecule has 3 aliphatic rings. The van der Waals surface area contributed by atoms with Gasteiger partial charge in [-0.15, -0.1) is 5.10 Å². The lowest BCUT2D eigenvalue weighted by Gasteiger charge is -2.34. The van der Waals surface area contributed by atoms with Gasteiger partial charge >= 0.3 is 12.4 Å². The summed E-state index contributed by atoms with van der Waals surface area (Å²) in [5.41, 5.74) is 2.53. The Balaban J connectivity index is 1.49. The maximum atomic E-state index is 13.8. The van der Waals surface area contributed by atoms with Crippen molar-refractivity contribution in [3.63, 3.8) is 0 Å². The van der Waals surface area contributed by atoms with Gasteiger partial charge in [-0.3, -0.25) is 4.90 Å². The standard InChI is InChI=1S/C29H32F6N6O2/c1-17-24-16-43-15-19(24)12-23-25(4-3-7-40(26(17)23)22-5-8-42-9-6-22)41(27-36-38-39(2)37-27)14-18-10-20(28(30,31)32)13-21(11-18)29(33,34)35/h10-13,22,25H,3-9,14-16H2,1-2H3/p+1. The highest BCUT2D eigenvalue weighted by molar-refractivity contribution is 5.58. The van der Waals surface area contributed by atoms with Gasteiger partial charge in [0.1, 0.15) is 5.69 Å². The van der Waals surface area contributed by atoms with Crippen LogP contribution >= 0.6 is 0 Å². The van der Waals surface area contributed by atoms with E-state index in [-0.39, 0.29) is 24.1 Å². The molecule has 1 saturated heterocycles. The Bertz CT molecular complexity index is 1450. The molecule has 4 heterocycles. The first-order chi connectivity index (χ1) is 20.4. The fraction of sp³-hybridized carbons (Fsp3) is 0.552. The van der Waals surface area contributed by atoms with E-state index in [1.165, 1.54) is 9.70 Å². The summed E-state index contributed by atoms with van der Waals surface area (Å²) in [6.45, 7) is 4.93. The van der Waals surface area contributed by atoms with Gasteiger partial charge in [0.05, 0.1) is 63.2 Å². The van der Waals surface area contributed by atoms with Gasteiger partial charge in [-0.2, -0.15) is 31.1 Å². The van der Waals surface area contributed by atoms with Crippen molar-refractivity contribution in [1.82, 2.24) is 20.2 Å². The number of nitrogens with zero attached hydrogens (tertiary/aromatic N) is 5. The zero-order chi connectivity index (χ0) is 30.5. The summed E-state index contributed by atoms with van der Waals surface area (Å²) in [4.78, 5) is 4.27. The Morgan fingerprint density at radius 1 is 0.953 bits per heavy atom. The molecule has 14 heteroatoms. The summed E-state index contributed by atoms with van der Waals surface area (Å²) < 4.78 is 94.0. The van der Waals surface area contributed by atoms with E-state index in [4.69, 9.17) is 9.47 Å². The van der Waals surface area contributed by atoms with Gasteiger partial charge in [0.15, 0.2) is 0 Å². The molecule has 2 unspecified atom stereocenters. The summed E-state index contributed by atoms with van der Waals surface area (Å²) in [6.07, 6.45) is -6.74. The summed E-state index contributed by atoms with van der Waals surface area (Å²) in [6, 6.07) is 3.71. The Morgan fingerprint density at radius 3 is 2.28 bits per heavy atom. The first-order valence-electron chi connectivity index (χ1n) is 14.4. The number of quaternary nitrogens is 1. The highest BCUT2D eigenvalue weighted by atomic mass is 19.4. The third-order valence-corrected chi connectivity index (χ3v) is 8.79. The molecular weight excluding hydrogens is 578 g/mol. The molecule has 0 amide bonds. The average Bonchev–Trinajstić information content (AvgIpc) is 3.57. The van der Waals surface area contributed by atoms with Crippen molar-refractivity contribution in [1.29, 1.82) is 0 Å². The van der Waals surface area contributed by atoms with E-state index in [1.807, 2.05) is 0 Å². The van der Waals surface area contributed by atoms with Crippen LogP contribution in [-0.4, -0.2) is 46.0 Å². The number of hydrogen-bond donors (Lipinski definition) is 1. The second kappa shape index (κ2) is 11.4. The molecule has 232 valence electrons. The SMILES string of the molecule is Cc1c2c(cc3c1[NH+](C1CCOCC1)CCCC3N(Cc1cc(C(F)(F)F)cc(C(F)(F)F)c1)c1nnn(C)n1)COC2. The number of tetrazole rings is 1. The Kier molecular flexibility index (Phi) is 7.88. The number of aromatic nitrogens is 4. The minimum absolute atomic E-state index is 0.133. The van der Waals surface area contributed by atoms with E-state index in [1.54, 1.807) is 11.9 Å². The zero-order valence-electron chi connectivity index (χ0n) is 23.9. The van der Waals surface area contributed by atoms with Crippen LogP contribution in [0.25, 0.3) is 0 Å². The number of halogens is 6. The van der Waals surface area contributed by atoms with Crippen LogP contribution in [0, 0.1) is 6.92 Å². The van der Waals surface area contributed by atoms with Crippen molar-refractivity contribution < 1.29 is 40.7 Å². The van der Waals surface area contributed by atoms with Gasteiger partial charge in [0.2, 0.25) is 0 Å². The zero-order valence-corrected chi connectivity index (χ0v) is 23.9. The number of ether oxygens (including phenoxy) is 2. The number of hydrogen-bond acceptors (Lipinski definition) is 6. The Hall–Kier alpha value is -3.23. The molecule has 1 N–H and O–H groups in total. The first-order valence-corrected chi connectivity index (χ1v) is 14.4. The van der Waals surface area contributed by atoms with Crippen LogP contribution in [-0.2, 0) is 48.6 Å². The maximum absolute atomic E-state index is 13.8. The van der Waals surface area contributed by atoms with Crippen LogP contribution in [0.4, 0.5) is 38.0 Å². The quantitative estimate of drug-likeness (QED) is 0.418. The Labute approximate surface area is 244 Å². The molecule has 0 radical (unpaired) electrons. The molecule has 0 spiro atoms. The highest BCUT2D eigenvalue weighted by Gasteiger charge is 2.41. The van der Waals surface area contributed by atoms with E-state index in [0.29, 0.717) is 38.9 Å². The lowest BCUT2D eigenvalue weighted by molar-refractivity contribution is -0.863. The molecule has 3 aliphatic heterocycles. The van der Waals surface area contributed by atoms with Crippen molar-refractivity contribution >= 4 is 11.6 Å². The molecule has 2 atom stereocenters. The number of aryl methyl sites for hydroxylation is 1. The van der Waals surface area contributed by atoms with Crippen LogP contribution in [0.5, 0.6) is 0 Å². The van der Waals surface area contributed by atoms with Gasteiger partial charge in [0.25, 0.3) is 5.95 Å². The van der Waals surface area contributed by atoms with E-state index in [0.717, 1.165) is 65.9 Å². The number of nitrogens with one attached hydrogen (secondary N) is 1. The van der Waals surface area contributed by atoms with Crippen LogP contribution in [0.1, 0.15) is 70.7 Å². The summed E-state index contributed by atoms with van der Waals surface area (Å²) >= 11 is 0. The number of benzene rings is 2. The van der Waals surface area contributed by atoms with Crippen molar-refractivity contribution in [3.8, 4) is 0 Å². The second-order valence-electron chi connectivity index (χ2n) is 11.5. The lowest BCUT2D eigenvalue weighted by atomic mass is 9.91. The topological polar surface area (TPSA) is 69.7 Å². The summed E-state index contributed by atoms with van der Waals surface area (Å²) in [5, 5.41) is 12.5. The predicted molar refractivity (Wildman–Crippen MR) is 142 cm³/mol. The molecular formula is C29H33F6N6O2+. The maximum Gasteiger partial charge on any atom is 0.416 e. The lowest BCUT2D eigenvalue weighted by Crippen LogP contribution is -3.11. The van der Waals surface area contributed by atoms with Crippen molar-refractivity contribution in [3.05, 3.63) is 63.2 Å². The van der Waals surface area contributed by atoms with Crippen LogP contribution in [0.2, 0.25) is 0 Å². The molecule has 1 aromatic heterocycles. The third kappa shape index (κ3) is 5.96. The van der Waals surface area contributed by atoms with E-state index in [9.17, 15) is 26.3 Å². The molecule has 0 saturated carbocycles. The van der Waals surface area contributed by atoms with Crippen LogP contribution in [0.3, 0.4) is 0 Å². The number of fused-ring (bicyclic) bond motifs is 2. The van der Waals surface area contributed by atoms with E-state index < -0.39 is 29.5 Å². The second-order valence-corrected chi connectivity index (χ2v) is 11.5. The van der Waals surface area contributed by atoms with Gasteiger partial charge in [-0.25, -0.2) is 0 Å². The first kappa shape index (κ1) is 29.8. The molecule has 43 heavy (non-hydrogen) atoms. The van der Waals surface area contributed by atoms with Crippen LogP contribution in [0.15, 0.2) is 24.3 Å². The van der Waals surface area contributed by atoms with Gasteiger partial charge < -0.3 is 14.4 Å². The largest absolute Gasteiger partial charge is 0.416 e. The fourth-order valence-electron chi connectivity index (χ4n) is 6.80. The predicted octanol–water partition coefficient (Wildman–Crippen LogP) is 4.82.